The Morgan fingerprint density at radius 3 is 2.66 bits per heavy atom. The zero-order chi connectivity index (χ0) is 19.6. The number of aliphatic hydroxyl groups excluding tert-OH is 1. The van der Waals surface area contributed by atoms with Gasteiger partial charge in [0.05, 0.1) is 18.2 Å². The Kier molecular flexibility index (Phi) is 4.13. The maximum Gasteiger partial charge on any atom is 0.311 e. The van der Waals surface area contributed by atoms with Crippen LogP contribution in [0, 0.1) is 34.5 Å². The number of aryl methyl sites for hydroxylation is 1. The van der Waals surface area contributed by atoms with Crippen LogP contribution in [0.2, 0.25) is 0 Å². The van der Waals surface area contributed by atoms with E-state index in [1.165, 1.54) is 44.9 Å². The van der Waals surface area contributed by atoms with Crippen molar-refractivity contribution in [1.82, 2.24) is 15.0 Å². The van der Waals surface area contributed by atoms with Gasteiger partial charge in [-0.2, -0.15) is 0 Å². The molecular formula is C23H33N3O3. The number of aromatic nitrogens is 3. The zero-order valence-electron chi connectivity index (χ0n) is 17.3. The number of ether oxygens (including phenoxy) is 1. The summed E-state index contributed by atoms with van der Waals surface area (Å²) in [5, 5.41) is 17.5. The van der Waals surface area contributed by atoms with Gasteiger partial charge in [-0.05, 0) is 87.4 Å². The van der Waals surface area contributed by atoms with Crippen molar-refractivity contribution in [3.63, 3.8) is 0 Å². The summed E-state index contributed by atoms with van der Waals surface area (Å²) >= 11 is 0. The van der Waals surface area contributed by atoms with Crippen molar-refractivity contribution in [3.05, 3.63) is 11.9 Å². The second kappa shape index (κ2) is 6.53. The van der Waals surface area contributed by atoms with Gasteiger partial charge in [-0.25, -0.2) is 0 Å². The van der Waals surface area contributed by atoms with E-state index >= 15 is 0 Å². The first-order chi connectivity index (χ1) is 14.1. The minimum absolute atomic E-state index is 0.00512. The number of hydrogen-bond acceptors (Lipinski definition) is 5. The molecule has 4 aliphatic carbocycles. The fraction of sp³-hybridized carbons (Fsp3) is 0.870. The molecule has 5 atom stereocenters. The first-order valence-electron chi connectivity index (χ1n) is 11.8. The highest BCUT2D eigenvalue weighted by molar-refractivity contribution is 5.75. The lowest BCUT2D eigenvalue weighted by Crippen LogP contribution is -2.35. The predicted molar refractivity (Wildman–Crippen MR) is 106 cm³/mol. The van der Waals surface area contributed by atoms with Gasteiger partial charge in [0.1, 0.15) is 6.10 Å². The van der Waals surface area contributed by atoms with Crippen LogP contribution in [0.5, 0.6) is 0 Å². The van der Waals surface area contributed by atoms with Gasteiger partial charge in [0.2, 0.25) is 0 Å². The Morgan fingerprint density at radius 1 is 1.10 bits per heavy atom. The third-order valence-electron chi connectivity index (χ3n) is 9.30. The number of carbonyl (C=O) groups excluding carboxylic acids is 1. The van der Waals surface area contributed by atoms with E-state index in [1.54, 1.807) is 0 Å². The van der Waals surface area contributed by atoms with E-state index in [0.717, 1.165) is 37.3 Å². The van der Waals surface area contributed by atoms with Gasteiger partial charge >= 0.3 is 5.97 Å². The van der Waals surface area contributed by atoms with Crippen LogP contribution in [0.3, 0.4) is 0 Å². The molecule has 2 spiro atoms. The topological polar surface area (TPSA) is 77.2 Å². The molecule has 1 aliphatic heterocycles. The van der Waals surface area contributed by atoms with Crippen LogP contribution in [-0.4, -0.2) is 38.8 Å². The molecule has 0 amide bonds. The van der Waals surface area contributed by atoms with Crippen molar-refractivity contribution in [2.45, 2.75) is 83.3 Å². The largest absolute Gasteiger partial charge is 0.461 e. The predicted octanol–water partition coefficient (Wildman–Crippen LogP) is 3.13. The number of aliphatic hydroxyl groups is 1. The first-order valence-corrected chi connectivity index (χ1v) is 11.8. The molecule has 6 nitrogen and oxygen atoms in total. The van der Waals surface area contributed by atoms with Crippen LogP contribution in [0.1, 0.15) is 69.9 Å². The summed E-state index contributed by atoms with van der Waals surface area (Å²) in [4.78, 5) is 13.0. The molecule has 1 aromatic rings. The lowest BCUT2D eigenvalue weighted by molar-refractivity contribution is -0.148. The third kappa shape index (κ3) is 2.88. The SMILES string of the molecule is O=C1O[C@H]2[C@@H](CCC3(CC3)[C@@H]3CCC4(CC4)[C@H]23)[C@@H]1Cn1cc(CCCCO)nn1. The summed E-state index contributed by atoms with van der Waals surface area (Å²) in [6, 6.07) is 0. The van der Waals surface area contributed by atoms with Crippen LogP contribution in [0.15, 0.2) is 6.20 Å². The van der Waals surface area contributed by atoms with Gasteiger partial charge in [-0.15, -0.1) is 5.10 Å². The average Bonchev–Trinajstić information content (AvgIpc) is 3.55. The van der Waals surface area contributed by atoms with E-state index in [-0.39, 0.29) is 24.6 Å². The molecule has 29 heavy (non-hydrogen) atoms. The highest BCUT2D eigenvalue weighted by Gasteiger charge is 2.69. The first kappa shape index (κ1) is 18.3. The van der Waals surface area contributed by atoms with Crippen molar-refractivity contribution in [2.75, 3.05) is 6.61 Å². The van der Waals surface area contributed by atoms with Crippen molar-refractivity contribution >= 4 is 5.97 Å². The van der Waals surface area contributed by atoms with Crippen LogP contribution in [0.4, 0.5) is 0 Å². The lowest BCUT2D eigenvalue weighted by Gasteiger charge is -2.33. The smallest absolute Gasteiger partial charge is 0.311 e. The number of esters is 1. The minimum Gasteiger partial charge on any atom is -0.461 e. The molecule has 0 bridgehead atoms. The highest BCUT2D eigenvalue weighted by Crippen LogP contribution is 2.75. The zero-order valence-corrected chi connectivity index (χ0v) is 17.3. The van der Waals surface area contributed by atoms with Gasteiger partial charge in [0.25, 0.3) is 0 Å². The Labute approximate surface area is 172 Å². The Hall–Kier alpha value is -1.43. The average molecular weight is 400 g/mol. The van der Waals surface area contributed by atoms with Gasteiger partial charge in [0, 0.05) is 24.6 Å². The summed E-state index contributed by atoms with van der Waals surface area (Å²) in [6.07, 6.45) is 15.4. The van der Waals surface area contributed by atoms with E-state index in [4.69, 9.17) is 9.84 Å². The third-order valence-corrected chi connectivity index (χ3v) is 9.30. The maximum absolute atomic E-state index is 13.0. The van der Waals surface area contributed by atoms with Gasteiger partial charge in [0.15, 0.2) is 0 Å². The highest BCUT2D eigenvalue weighted by atomic mass is 16.6. The normalized spacial score (nSPS) is 38.0. The van der Waals surface area contributed by atoms with E-state index in [1.807, 2.05) is 10.9 Å². The van der Waals surface area contributed by atoms with E-state index in [2.05, 4.69) is 10.3 Å². The molecule has 6 rings (SSSR count). The van der Waals surface area contributed by atoms with Crippen molar-refractivity contribution < 1.29 is 14.6 Å². The number of carbonyl (C=O) groups is 1. The molecule has 0 radical (unpaired) electrons. The molecule has 158 valence electrons. The van der Waals surface area contributed by atoms with E-state index in [0.29, 0.717) is 29.2 Å². The molecule has 0 unspecified atom stereocenters. The summed E-state index contributed by atoms with van der Waals surface area (Å²) in [5.41, 5.74) is 2.05. The van der Waals surface area contributed by atoms with Crippen LogP contribution in [-0.2, 0) is 22.5 Å². The molecule has 2 heterocycles. The van der Waals surface area contributed by atoms with E-state index in [9.17, 15) is 4.79 Å². The fourth-order valence-corrected chi connectivity index (χ4v) is 7.43. The molecule has 6 heteroatoms. The van der Waals surface area contributed by atoms with Crippen LogP contribution < -0.4 is 0 Å². The summed E-state index contributed by atoms with van der Waals surface area (Å²) in [7, 11) is 0. The summed E-state index contributed by atoms with van der Waals surface area (Å²) in [6.45, 7) is 0.820. The molecule has 5 fully saturated rings. The molecule has 1 N–H and O–H groups in total. The second-order valence-electron chi connectivity index (χ2n) is 10.7. The molecule has 1 aromatic heterocycles. The summed E-state index contributed by atoms with van der Waals surface area (Å²) < 4.78 is 8.06. The standard InChI is InChI=1S/C23H33N3O3/c27-12-2-1-3-15-13-26(25-24-15)14-17-16-4-6-22(8-9-22)18-5-7-23(10-11-23)19(18)20(16)29-21(17)28/h13,16-20,27H,1-12,14H2/t16-,17-,18+,19-,20-/m0/s1. The molecule has 0 aromatic carbocycles. The van der Waals surface area contributed by atoms with Crippen molar-refractivity contribution in [3.8, 4) is 0 Å². The molecular weight excluding hydrogens is 366 g/mol. The molecule has 5 aliphatic rings. The number of fused-ring (bicyclic) bond motifs is 5. The number of nitrogens with zero attached hydrogens (tertiary/aromatic N) is 3. The second-order valence-corrected chi connectivity index (χ2v) is 10.7. The van der Waals surface area contributed by atoms with Gasteiger partial charge in [-0.3, -0.25) is 9.48 Å². The van der Waals surface area contributed by atoms with Crippen LogP contribution >= 0.6 is 0 Å². The Bertz CT molecular complexity index is 797. The van der Waals surface area contributed by atoms with Gasteiger partial charge in [-0.1, -0.05) is 5.21 Å². The molecule has 4 saturated carbocycles. The number of unbranched alkanes of at least 4 members (excludes halogenated alkanes) is 1. The van der Waals surface area contributed by atoms with Crippen LogP contribution in [0.25, 0.3) is 0 Å². The van der Waals surface area contributed by atoms with E-state index < -0.39 is 0 Å². The van der Waals surface area contributed by atoms with Crippen molar-refractivity contribution in [1.29, 1.82) is 0 Å². The Morgan fingerprint density at radius 2 is 1.90 bits per heavy atom. The molecule has 1 saturated heterocycles. The lowest BCUT2D eigenvalue weighted by atomic mass is 9.73. The van der Waals surface area contributed by atoms with Crippen molar-refractivity contribution in [2.24, 2.45) is 34.5 Å². The summed E-state index contributed by atoms with van der Waals surface area (Å²) in [5.74, 6) is 1.71. The Balaban J connectivity index is 1.22. The minimum atomic E-state index is -0.0714. The monoisotopic (exact) mass is 399 g/mol. The number of rotatable bonds is 6. The fourth-order valence-electron chi connectivity index (χ4n) is 7.43. The van der Waals surface area contributed by atoms with Gasteiger partial charge < -0.3 is 9.84 Å². The number of hydrogen-bond donors (Lipinski definition) is 1. The quantitative estimate of drug-likeness (QED) is 0.587. The maximum atomic E-state index is 13.0.